The Hall–Kier alpha value is -2.70. The third kappa shape index (κ3) is 4.17. The number of nitrogens with zero attached hydrogens (tertiary/aromatic N) is 3. The van der Waals surface area contributed by atoms with Crippen LogP contribution in [0.5, 0.6) is 0 Å². The first-order chi connectivity index (χ1) is 15.6. The Balaban J connectivity index is 1.53. The van der Waals surface area contributed by atoms with Crippen LogP contribution in [0.3, 0.4) is 0 Å². The van der Waals surface area contributed by atoms with Gasteiger partial charge < -0.3 is 15.8 Å². The highest BCUT2D eigenvalue weighted by atomic mass is 16.5. The second-order valence-corrected chi connectivity index (χ2v) is 9.34. The molecule has 1 atom stereocenters. The molecule has 0 amide bonds. The van der Waals surface area contributed by atoms with E-state index in [4.69, 9.17) is 10.5 Å². The van der Waals surface area contributed by atoms with Crippen molar-refractivity contribution in [1.82, 2.24) is 20.1 Å². The van der Waals surface area contributed by atoms with E-state index in [-0.39, 0.29) is 0 Å². The minimum absolute atomic E-state index is 0.306. The Morgan fingerprint density at radius 3 is 2.59 bits per heavy atom. The van der Waals surface area contributed by atoms with Gasteiger partial charge in [0.1, 0.15) is 5.82 Å². The molecule has 2 aliphatic heterocycles. The molecular weight excluding hydrogens is 398 g/mol. The summed E-state index contributed by atoms with van der Waals surface area (Å²) in [5, 5.41) is 8.19. The molecule has 2 saturated heterocycles. The molecule has 1 aromatic carbocycles. The Morgan fingerprint density at radius 1 is 1.03 bits per heavy atom. The van der Waals surface area contributed by atoms with Crippen LogP contribution in [0.25, 0.3) is 22.3 Å². The molecule has 2 fully saturated rings. The summed E-state index contributed by atoms with van der Waals surface area (Å²) in [7, 11) is 0. The Kier molecular flexibility index (Phi) is 5.98. The molecule has 0 radical (unpaired) electrons. The normalized spacial score (nSPS) is 19.7. The second kappa shape index (κ2) is 9.04. The lowest BCUT2D eigenvalue weighted by atomic mass is 9.84. The summed E-state index contributed by atoms with van der Waals surface area (Å²) in [4.78, 5) is 4.53. The van der Waals surface area contributed by atoms with Crippen molar-refractivity contribution >= 4 is 5.82 Å². The molecule has 4 heterocycles. The van der Waals surface area contributed by atoms with E-state index in [9.17, 15) is 0 Å². The monoisotopic (exact) mass is 431 g/mol. The average Bonchev–Trinajstić information content (AvgIpc) is 3.52. The molecule has 3 aromatic rings. The van der Waals surface area contributed by atoms with Crippen molar-refractivity contribution in [2.45, 2.75) is 57.5 Å². The summed E-state index contributed by atoms with van der Waals surface area (Å²) in [5.41, 5.74) is 13.4. The number of nitrogen functional groups attached to an aromatic ring is 1. The summed E-state index contributed by atoms with van der Waals surface area (Å²) < 4.78 is 7.57. The smallest absolute Gasteiger partial charge is 0.131 e. The first kappa shape index (κ1) is 21.2. The van der Waals surface area contributed by atoms with Crippen LogP contribution in [0.4, 0.5) is 5.82 Å². The van der Waals surface area contributed by atoms with Gasteiger partial charge in [0.25, 0.3) is 0 Å². The van der Waals surface area contributed by atoms with Crippen LogP contribution in [0.15, 0.2) is 42.9 Å². The topological polar surface area (TPSA) is 78.0 Å². The average molecular weight is 432 g/mol. The molecule has 6 heteroatoms. The fraction of sp³-hybridized carbons (Fsp3) is 0.462. The highest BCUT2D eigenvalue weighted by molar-refractivity contribution is 5.79. The van der Waals surface area contributed by atoms with Gasteiger partial charge in [0.2, 0.25) is 0 Å². The first-order valence-electron chi connectivity index (χ1n) is 11.9. The van der Waals surface area contributed by atoms with Gasteiger partial charge in [-0.3, -0.25) is 4.68 Å². The maximum Gasteiger partial charge on any atom is 0.131 e. The van der Waals surface area contributed by atoms with Crippen molar-refractivity contribution in [3.05, 3.63) is 54.0 Å². The fourth-order valence-corrected chi connectivity index (χ4v) is 5.01. The highest BCUT2D eigenvalue weighted by Gasteiger charge is 2.25. The lowest BCUT2D eigenvalue weighted by Gasteiger charge is -2.27. The van der Waals surface area contributed by atoms with E-state index < -0.39 is 0 Å². The lowest BCUT2D eigenvalue weighted by molar-refractivity contribution is 0.0851. The molecule has 2 aliphatic rings. The van der Waals surface area contributed by atoms with Gasteiger partial charge in [-0.15, -0.1) is 0 Å². The van der Waals surface area contributed by atoms with Crippen LogP contribution in [0.1, 0.15) is 68.7 Å². The van der Waals surface area contributed by atoms with E-state index in [1.807, 2.05) is 23.3 Å². The number of aromatic nitrogens is 3. The van der Waals surface area contributed by atoms with Gasteiger partial charge >= 0.3 is 0 Å². The van der Waals surface area contributed by atoms with Crippen molar-refractivity contribution in [3.8, 4) is 22.3 Å². The zero-order chi connectivity index (χ0) is 22.1. The largest absolute Gasteiger partial charge is 0.383 e. The Morgan fingerprint density at radius 2 is 1.88 bits per heavy atom. The SMILES string of the molecule is CC(C)n1cc(-c2cc(-c3ccc(C4CCOCC4)c([C@@H]4CCCN4)c3)cnc2N)cn1. The highest BCUT2D eigenvalue weighted by Crippen LogP contribution is 2.38. The van der Waals surface area contributed by atoms with Crippen molar-refractivity contribution in [1.29, 1.82) is 0 Å². The maximum atomic E-state index is 6.27. The van der Waals surface area contributed by atoms with E-state index in [2.05, 4.69) is 53.5 Å². The summed E-state index contributed by atoms with van der Waals surface area (Å²) in [6, 6.07) is 9.85. The van der Waals surface area contributed by atoms with Gasteiger partial charge in [0.05, 0.1) is 6.20 Å². The first-order valence-corrected chi connectivity index (χ1v) is 11.9. The third-order valence-corrected chi connectivity index (χ3v) is 6.88. The van der Waals surface area contributed by atoms with E-state index in [1.54, 1.807) is 0 Å². The molecular formula is C26H33N5O. The molecule has 168 valence electrons. The lowest BCUT2D eigenvalue weighted by Crippen LogP contribution is -2.19. The summed E-state index contributed by atoms with van der Waals surface area (Å²) in [6.07, 6.45) is 10.4. The molecule has 32 heavy (non-hydrogen) atoms. The van der Waals surface area contributed by atoms with Gasteiger partial charge in [-0.05, 0) is 80.8 Å². The number of ether oxygens (including phenoxy) is 1. The molecule has 0 unspecified atom stereocenters. The number of hydrogen-bond acceptors (Lipinski definition) is 5. The summed E-state index contributed by atoms with van der Waals surface area (Å²) in [6.45, 7) is 7.05. The van der Waals surface area contributed by atoms with E-state index >= 15 is 0 Å². The van der Waals surface area contributed by atoms with Crippen LogP contribution < -0.4 is 11.1 Å². The second-order valence-electron chi connectivity index (χ2n) is 9.34. The molecule has 0 bridgehead atoms. The van der Waals surface area contributed by atoms with Crippen LogP contribution in [-0.4, -0.2) is 34.5 Å². The van der Waals surface area contributed by atoms with E-state index in [0.29, 0.717) is 23.8 Å². The van der Waals surface area contributed by atoms with Crippen molar-refractivity contribution < 1.29 is 4.74 Å². The van der Waals surface area contributed by atoms with Crippen molar-refractivity contribution in [2.75, 3.05) is 25.5 Å². The van der Waals surface area contributed by atoms with E-state index in [1.165, 1.54) is 29.5 Å². The van der Waals surface area contributed by atoms with E-state index in [0.717, 1.165) is 49.3 Å². The van der Waals surface area contributed by atoms with Crippen LogP contribution in [0.2, 0.25) is 0 Å². The zero-order valence-corrected chi connectivity index (χ0v) is 19.1. The summed E-state index contributed by atoms with van der Waals surface area (Å²) >= 11 is 0. The fourth-order valence-electron chi connectivity index (χ4n) is 5.01. The standard InChI is InChI=1S/C26H33N5O/c1-17(2)31-16-21(15-30-31)23-13-20(14-29-26(23)27)19-5-6-22(18-7-10-32-11-8-18)24(12-19)25-4-3-9-28-25/h5-6,12-18,25,28H,3-4,7-11H2,1-2H3,(H2,27,29)/t25-/m0/s1. The van der Waals surface area contributed by atoms with Gasteiger partial charge in [-0.25, -0.2) is 4.98 Å². The van der Waals surface area contributed by atoms with Crippen molar-refractivity contribution in [3.63, 3.8) is 0 Å². The predicted molar refractivity (Wildman–Crippen MR) is 128 cm³/mol. The van der Waals surface area contributed by atoms with Crippen LogP contribution >= 0.6 is 0 Å². The molecule has 0 spiro atoms. The molecule has 3 N–H and O–H groups in total. The van der Waals surface area contributed by atoms with Crippen LogP contribution in [0, 0.1) is 0 Å². The third-order valence-electron chi connectivity index (χ3n) is 6.88. The summed E-state index contributed by atoms with van der Waals surface area (Å²) in [5.74, 6) is 1.12. The number of anilines is 1. The molecule has 0 saturated carbocycles. The van der Waals surface area contributed by atoms with Gasteiger partial charge in [-0.2, -0.15) is 5.10 Å². The quantitative estimate of drug-likeness (QED) is 0.588. The molecule has 6 nitrogen and oxygen atoms in total. The number of benzene rings is 1. The van der Waals surface area contributed by atoms with Crippen LogP contribution in [-0.2, 0) is 4.74 Å². The van der Waals surface area contributed by atoms with Gasteiger partial charge in [0, 0.05) is 54.4 Å². The number of pyridine rings is 1. The van der Waals surface area contributed by atoms with Crippen molar-refractivity contribution in [2.24, 2.45) is 0 Å². The molecule has 0 aliphatic carbocycles. The number of hydrogen-bond donors (Lipinski definition) is 2. The minimum Gasteiger partial charge on any atom is -0.383 e. The number of nitrogens with one attached hydrogen (secondary N) is 1. The van der Waals surface area contributed by atoms with Gasteiger partial charge in [-0.1, -0.05) is 12.1 Å². The maximum absolute atomic E-state index is 6.27. The number of nitrogens with two attached hydrogens (primary N) is 1. The van der Waals surface area contributed by atoms with Gasteiger partial charge in [0.15, 0.2) is 0 Å². The number of rotatable bonds is 5. The Labute approximate surface area is 190 Å². The zero-order valence-electron chi connectivity index (χ0n) is 19.1. The minimum atomic E-state index is 0.306. The Bertz CT molecular complexity index is 1080. The predicted octanol–water partition coefficient (Wildman–Crippen LogP) is 5.09. The molecule has 2 aromatic heterocycles. The molecule has 5 rings (SSSR count).